The van der Waals surface area contributed by atoms with Crippen molar-refractivity contribution >= 4 is 18.5 Å². The van der Waals surface area contributed by atoms with Gasteiger partial charge in [0.05, 0.1) is 12.2 Å². The zero-order valence-electron chi connectivity index (χ0n) is 8.23. The molecule has 12 heavy (non-hydrogen) atoms. The summed E-state index contributed by atoms with van der Waals surface area (Å²) < 4.78 is 9.79. The Balaban J connectivity index is 0. The molecule has 0 N–H and O–H groups in total. The first-order chi connectivity index (χ1) is 4.83. The predicted molar refractivity (Wildman–Crippen MR) is 46.7 cm³/mol. The topological polar surface area (TPSA) is 41.5 Å². The van der Waals surface area contributed by atoms with Crippen molar-refractivity contribution in [2.45, 2.75) is 39.9 Å². The van der Waals surface area contributed by atoms with Crippen molar-refractivity contribution < 1.29 is 65.3 Å². The van der Waals surface area contributed by atoms with Gasteiger partial charge in [-0.3, -0.25) is 0 Å². The Morgan fingerprint density at radius 1 is 1.08 bits per heavy atom. The van der Waals surface area contributed by atoms with Crippen LogP contribution in [0.25, 0.3) is 0 Å². The van der Waals surface area contributed by atoms with Gasteiger partial charge < -0.3 is 13.9 Å². The number of hydrogen-bond donors (Lipinski definition) is 0. The van der Waals surface area contributed by atoms with Crippen LogP contribution in [0.15, 0.2) is 0 Å². The molecule has 0 heterocycles. The molecule has 0 fully saturated rings. The van der Waals surface area contributed by atoms with E-state index >= 15 is 0 Å². The molecule has 0 aliphatic heterocycles. The van der Waals surface area contributed by atoms with Crippen molar-refractivity contribution in [3.8, 4) is 0 Å². The van der Waals surface area contributed by atoms with Gasteiger partial charge in [0.15, 0.2) is 0 Å². The molecule has 6 heteroatoms. The average Bonchev–Trinajstić information content (AvgIpc) is 1.53. The smallest absolute Gasteiger partial charge is 0.780 e. The standard InChI is InChI=1S/C6H15O3PS.K/c1-5(2)8-10(7,11)9-6(3)4;/h5-6H,1-4H3,(H,7,11);/q;+1/p-1. The third kappa shape index (κ3) is 10.2. The minimum absolute atomic E-state index is 0. The molecule has 0 bridgehead atoms. The maximum atomic E-state index is 11.2. The molecule has 68 valence electrons. The van der Waals surface area contributed by atoms with Crippen LogP contribution in [0.5, 0.6) is 0 Å². The zero-order chi connectivity index (χ0) is 9.07. The second-order valence-electron chi connectivity index (χ2n) is 2.76. The first kappa shape index (κ1) is 16.6. The molecule has 0 rings (SSSR count). The first-order valence-corrected chi connectivity index (χ1v) is 6.07. The number of rotatable bonds is 4. The summed E-state index contributed by atoms with van der Waals surface area (Å²) in [5, 5.41) is 0. The molecule has 0 aromatic rings. The van der Waals surface area contributed by atoms with Crippen molar-refractivity contribution in [1.29, 1.82) is 0 Å². The summed E-state index contributed by atoms with van der Waals surface area (Å²) in [7, 11) is 0. The van der Waals surface area contributed by atoms with Crippen molar-refractivity contribution in [2.75, 3.05) is 0 Å². The summed E-state index contributed by atoms with van der Waals surface area (Å²) >= 11 is 4.61. The maximum Gasteiger partial charge on any atom is 1.00 e. The molecule has 3 nitrogen and oxygen atoms in total. The normalized spacial score (nSPS) is 11.9. The van der Waals surface area contributed by atoms with Gasteiger partial charge in [0.1, 0.15) is 6.72 Å². The molecule has 0 radical (unpaired) electrons. The quantitative estimate of drug-likeness (QED) is 0.437. The Hall–Kier alpha value is 2.17. The molecule has 0 spiro atoms. The Kier molecular flexibility index (Phi) is 10.3. The fraction of sp³-hybridized carbons (Fsp3) is 1.00. The third-order valence-corrected chi connectivity index (χ3v) is 2.56. The van der Waals surface area contributed by atoms with Gasteiger partial charge in [0.2, 0.25) is 0 Å². The van der Waals surface area contributed by atoms with E-state index < -0.39 is 6.72 Å². The summed E-state index contributed by atoms with van der Waals surface area (Å²) in [6, 6.07) is 0. The predicted octanol–water partition coefficient (Wildman–Crippen LogP) is -1.57. The Labute approximate surface area is 122 Å². The molecular formula is C6H14KO3PS. The summed E-state index contributed by atoms with van der Waals surface area (Å²) in [6.07, 6.45) is -0.311. The van der Waals surface area contributed by atoms with E-state index in [9.17, 15) is 4.89 Å². The second kappa shape index (κ2) is 7.46. The molecule has 0 saturated carbocycles. The SMILES string of the molecule is CC(C)OP([O-])(=S)OC(C)C.[K+]. The molecule has 0 aliphatic rings. The summed E-state index contributed by atoms with van der Waals surface area (Å²) in [4.78, 5) is 11.2. The van der Waals surface area contributed by atoms with Crippen LogP contribution in [0, 0.1) is 0 Å². The first-order valence-electron chi connectivity index (χ1n) is 3.51. The molecule has 0 aliphatic carbocycles. The van der Waals surface area contributed by atoms with Gasteiger partial charge in [-0.05, 0) is 27.7 Å². The van der Waals surface area contributed by atoms with Crippen LogP contribution >= 0.6 is 6.72 Å². The van der Waals surface area contributed by atoms with E-state index in [4.69, 9.17) is 9.05 Å². The van der Waals surface area contributed by atoms with Crippen molar-refractivity contribution in [3.05, 3.63) is 0 Å². The number of hydrogen-bond acceptors (Lipinski definition) is 4. The van der Waals surface area contributed by atoms with E-state index in [0.717, 1.165) is 0 Å². The van der Waals surface area contributed by atoms with E-state index in [-0.39, 0.29) is 63.6 Å². The van der Waals surface area contributed by atoms with Gasteiger partial charge in [-0.15, -0.1) is 0 Å². The summed E-state index contributed by atoms with van der Waals surface area (Å²) in [5.74, 6) is 0. The van der Waals surface area contributed by atoms with Gasteiger partial charge in [0.25, 0.3) is 0 Å². The molecule has 0 aromatic heterocycles. The molecule has 0 amide bonds. The minimum Gasteiger partial charge on any atom is -0.780 e. The molecule has 0 atom stereocenters. The van der Waals surface area contributed by atoms with Crippen LogP contribution in [0.2, 0.25) is 0 Å². The largest absolute Gasteiger partial charge is 1.00 e. The van der Waals surface area contributed by atoms with Crippen LogP contribution in [-0.2, 0) is 20.9 Å². The van der Waals surface area contributed by atoms with Crippen LogP contribution in [0.4, 0.5) is 0 Å². The van der Waals surface area contributed by atoms with Gasteiger partial charge in [-0.25, -0.2) is 0 Å². The Bertz CT molecular complexity index is 149. The Morgan fingerprint density at radius 3 is 1.50 bits per heavy atom. The van der Waals surface area contributed by atoms with Crippen LogP contribution in [-0.4, -0.2) is 12.2 Å². The van der Waals surface area contributed by atoms with E-state index in [0.29, 0.717) is 0 Å². The van der Waals surface area contributed by atoms with Crippen molar-refractivity contribution in [2.24, 2.45) is 0 Å². The van der Waals surface area contributed by atoms with Crippen LogP contribution in [0.3, 0.4) is 0 Å². The van der Waals surface area contributed by atoms with Gasteiger partial charge in [0, 0.05) is 0 Å². The molecular weight excluding hydrogens is 222 g/mol. The molecule has 0 unspecified atom stereocenters. The Morgan fingerprint density at radius 2 is 1.33 bits per heavy atom. The van der Waals surface area contributed by atoms with E-state index in [1.165, 1.54) is 0 Å². The fourth-order valence-corrected chi connectivity index (χ4v) is 2.66. The van der Waals surface area contributed by atoms with E-state index in [2.05, 4.69) is 11.8 Å². The summed E-state index contributed by atoms with van der Waals surface area (Å²) in [5.41, 5.74) is 0. The average molecular weight is 236 g/mol. The minimum atomic E-state index is -3.22. The van der Waals surface area contributed by atoms with E-state index in [1.807, 2.05) is 0 Å². The molecule has 0 aromatic carbocycles. The maximum absolute atomic E-state index is 11.2. The van der Waals surface area contributed by atoms with Crippen LogP contribution < -0.4 is 56.3 Å². The van der Waals surface area contributed by atoms with Gasteiger partial charge in [-0.1, -0.05) is 11.8 Å². The summed E-state index contributed by atoms with van der Waals surface area (Å²) in [6.45, 7) is 3.84. The second-order valence-corrected chi connectivity index (χ2v) is 5.41. The van der Waals surface area contributed by atoms with Gasteiger partial charge in [-0.2, -0.15) is 0 Å². The van der Waals surface area contributed by atoms with E-state index in [1.54, 1.807) is 27.7 Å². The monoisotopic (exact) mass is 236 g/mol. The van der Waals surface area contributed by atoms with Crippen molar-refractivity contribution in [1.82, 2.24) is 0 Å². The van der Waals surface area contributed by atoms with Gasteiger partial charge >= 0.3 is 51.4 Å². The van der Waals surface area contributed by atoms with Crippen molar-refractivity contribution in [3.63, 3.8) is 0 Å². The fourth-order valence-electron chi connectivity index (χ4n) is 0.541. The zero-order valence-corrected chi connectivity index (χ0v) is 13.1. The molecule has 0 saturated heterocycles. The van der Waals surface area contributed by atoms with Crippen LogP contribution in [0.1, 0.15) is 27.7 Å². The third-order valence-electron chi connectivity index (χ3n) is 0.680.